The van der Waals surface area contributed by atoms with Crippen molar-refractivity contribution in [3.63, 3.8) is 0 Å². The minimum atomic E-state index is -0.648. The zero-order valence-electron chi connectivity index (χ0n) is 27.5. The molecule has 1 heterocycles. The van der Waals surface area contributed by atoms with E-state index in [2.05, 4.69) is 18.3 Å². The maximum Gasteiger partial charge on any atom is 0.337 e. The number of carbonyl (C=O) groups excluding carboxylic acids is 2. The molecular formula is C36H57NO5. The fourth-order valence-corrected chi connectivity index (χ4v) is 5.96. The Morgan fingerprint density at radius 3 is 1.81 bits per heavy atom. The molecular weight excluding hydrogens is 526 g/mol. The van der Waals surface area contributed by atoms with Crippen LogP contribution in [0.3, 0.4) is 0 Å². The number of benzene rings is 1. The number of allylic oxidation sites excluding steroid dienone is 2. The Bertz CT molecular complexity index is 1050. The van der Waals surface area contributed by atoms with Gasteiger partial charge in [0.15, 0.2) is 0 Å². The van der Waals surface area contributed by atoms with Crippen molar-refractivity contribution in [3.05, 3.63) is 51.9 Å². The summed E-state index contributed by atoms with van der Waals surface area (Å²) in [5.41, 5.74) is 4.13. The first-order chi connectivity index (χ1) is 20.3. The summed E-state index contributed by atoms with van der Waals surface area (Å²) in [5.74, 6) is -0.865. The van der Waals surface area contributed by atoms with Crippen LogP contribution in [-0.4, -0.2) is 31.8 Å². The maximum absolute atomic E-state index is 13.5. The van der Waals surface area contributed by atoms with E-state index < -0.39 is 17.9 Å². The molecule has 2 rings (SSSR count). The number of aryl methyl sites for hydroxylation is 1. The van der Waals surface area contributed by atoms with Gasteiger partial charge in [-0.3, -0.25) is 0 Å². The number of rotatable bonds is 20. The summed E-state index contributed by atoms with van der Waals surface area (Å²) in [6.07, 6.45) is 17.5. The standard InChI is InChI=1S/C36H57NO5/c1-8-10-11-12-13-14-15-16-17-18-19-20-21-23-29-24-22-25-30(40-7)33(29)34-31(35(38)41-9-2)27(5)37-28(6)32(34)36(39)42-26(3)4/h22,24-26,34,37H,8-21,23H2,1-7H3. The van der Waals surface area contributed by atoms with E-state index in [0.29, 0.717) is 28.3 Å². The molecule has 0 amide bonds. The van der Waals surface area contributed by atoms with Gasteiger partial charge in [-0.25, -0.2) is 9.59 Å². The van der Waals surface area contributed by atoms with E-state index in [1.807, 2.05) is 39.8 Å². The quantitative estimate of drug-likeness (QED) is 0.122. The molecule has 1 aliphatic heterocycles. The van der Waals surface area contributed by atoms with Gasteiger partial charge < -0.3 is 19.5 Å². The van der Waals surface area contributed by atoms with Crippen LogP contribution in [0.15, 0.2) is 40.7 Å². The van der Waals surface area contributed by atoms with Crippen LogP contribution in [0.25, 0.3) is 0 Å². The van der Waals surface area contributed by atoms with Crippen molar-refractivity contribution in [3.8, 4) is 5.75 Å². The lowest BCUT2D eigenvalue weighted by Crippen LogP contribution is -2.33. The number of hydrogen-bond acceptors (Lipinski definition) is 6. The van der Waals surface area contributed by atoms with Crippen molar-refractivity contribution in [2.24, 2.45) is 0 Å². The molecule has 236 valence electrons. The summed E-state index contributed by atoms with van der Waals surface area (Å²) in [7, 11) is 1.64. The van der Waals surface area contributed by atoms with Crippen LogP contribution in [0.2, 0.25) is 0 Å². The molecule has 1 aromatic rings. The van der Waals surface area contributed by atoms with Gasteiger partial charge in [-0.15, -0.1) is 0 Å². The van der Waals surface area contributed by atoms with Crippen LogP contribution < -0.4 is 10.1 Å². The number of hydrogen-bond donors (Lipinski definition) is 1. The first-order valence-corrected chi connectivity index (χ1v) is 16.5. The number of dihydropyridines is 1. The van der Waals surface area contributed by atoms with Crippen molar-refractivity contribution in [2.45, 2.75) is 143 Å². The number of esters is 2. The summed E-state index contributed by atoms with van der Waals surface area (Å²) in [6, 6.07) is 5.99. The van der Waals surface area contributed by atoms with Gasteiger partial charge in [0, 0.05) is 17.0 Å². The molecule has 0 radical (unpaired) electrons. The monoisotopic (exact) mass is 583 g/mol. The largest absolute Gasteiger partial charge is 0.496 e. The predicted molar refractivity (Wildman–Crippen MR) is 172 cm³/mol. The highest BCUT2D eigenvalue weighted by Crippen LogP contribution is 2.45. The predicted octanol–water partition coefficient (Wildman–Crippen LogP) is 9.08. The van der Waals surface area contributed by atoms with Gasteiger partial charge in [-0.1, -0.05) is 96.1 Å². The zero-order valence-corrected chi connectivity index (χ0v) is 27.5. The first-order valence-electron chi connectivity index (χ1n) is 16.5. The van der Waals surface area contributed by atoms with Crippen LogP contribution in [0, 0.1) is 0 Å². The molecule has 1 aromatic carbocycles. The molecule has 0 spiro atoms. The molecule has 1 unspecified atom stereocenters. The van der Waals surface area contributed by atoms with Crippen molar-refractivity contribution in [1.82, 2.24) is 5.32 Å². The van der Waals surface area contributed by atoms with Gasteiger partial charge in [-0.2, -0.15) is 0 Å². The second-order valence-electron chi connectivity index (χ2n) is 11.8. The topological polar surface area (TPSA) is 73.9 Å². The third-order valence-electron chi connectivity index (χ3n) is 8.03. The summed E-state index contributed by atoms with van der Waals surface area (Å²) in [6.45, 7) is 11.7. The minimum absolute atomic E-state index is 0.245. The van der Waals surface area contributed by atoms with Crippen LogP contribution in [0.1, 0.15) is 142 Å². The van der Waals surface area contributed by atoms with Crippen LogP contribution in [0.4, 0.5) is 0 Å². The summed E-state index contributed by atoms with van der Waals surface area (Å²) < 4.78 is 17.0. The Balaban J connectivity index is 2.17. The lowest BCUT2D eigenvalue weighted by Gasteiger charge is -2.32. The summed E-state index contributed by atoms with van der Waals surface area (Å²) in [5, 5.41) is 3.24. The third-order valence-corrected chi connectivity index (χ3v) is 8.03. The van der Waals surface area contributed by atoms with Gasteiger partial charge >= 0.3 is 11.9 Å². The van der Waals surface area contributed by atoms with E-state index in [0.717, 1.165) is 30.4 Å². The fourth-order valence-electron chi connectivity index (χ4n) is 5.96. The SMILES string of the molecule is CCCCCCCCCCCCCCCc1cccc(OC)c1C1C(C(=O)OCC)=C(C)NC(C)=C1C(=O)OC(C)C. The normalized spacial score (nSPS) is 15.2. The minimum Gasteiger partial charge on any atom is -0.496 e. The van der Waals surface area contributed by atoms with E-state index in [1.165, 1.54) is 70.6 Å². The van der Waals surface area contributed by atoms with Gasteiger partial charge in [0.2, 0.25) is 0 Å². The summed E-state index contributed by atoms with van der Waals surface area (Å²) >= 11 is 0. The van der Waals surface area contributed by atoms with E-state index in [1.54, 1.807) is 14.0 Å². The molecule has 6 heteroatoms. The summed E-state index contributed by atoms with van der Waals surface area (Å²) in [4.78, 5) is 26.8. The second-order valence-corrected chi connectivity index (χ2v) is 11.8. The maximum atomic E-state index is 13.5. The average molecular weight is 584 g/mol. The molecule has 1 aliphatic rings. The third kappa shape index (κ3) is 10.8. The van der Waals surface area contributed by atoms with Gasteiger partial charge in [0.25, 0.3) is 0 Å². The number of methoxy groups -OCH3 is 1. The Hall–Kier alpha value is -2.76. The Kier molecular flexibility index (Phi) is 16.4. The molecule has 0 fully saturated rings. The Morgan fingerprint density at radius 1 is 0.786 bits per heavy atom. The number of unbranched alkanes of at least 4 members (excludes halogenated alkanes) is 12. The van der Waals surface area contributed by atoms with E-state index in [-0.39, 0.29) is 12.7 Å². The van der Waals surface area contributed by atoms with Crippen molar-refractivity contribution >= 4 is 11.9 Å². The van der Waals surface area contributed by atoms with E-state index in [9.17, 15) is 9.59 Å². The van der Waals surface area contributed by atoms with Gasteiger partial charge in [-0.05, 0) is 59.1 Å². The lowest BCUT2D eigenvalue weighted by atomic mass is 9.77. The molecule has 42 heavy (non-hydrogen) atoms. The van der Waals surface area contributed by atoms with Crippen molar-refractivity contribution < 1.29 is 23.8 Å². The molecule has 0 saturated carbocycles. The number of carbonyl (C=O) groups is 2. The fraction of sp³-hybridized carbons (Fsp3) is 0.667. The molecule has 1 atom stereocenters. The van der Waals surface area contributed by atoms with Gasteiger partial charge in [0.05, 0.1) is 36.9 Å². The zero-order chi connectivity index (χ0) is 30.9. The molecule has 0 aromatic heterocycles. The first kappa shape index (κ1) is 35.4. The lowest BCUT2D eigenvalue weighted by molar-refractivity contribution is -0.143. The van der Waals surface area contributed by atoms with E-state index >= 15 is 0 Å². The molecule has 0 aliphatic carbocycles. The highest BCUT2D eigenvalue weighted by atomic mass is 16.5. The van der Waals surface area contributed by atoms with Crippen molar-refractivity contribution in [1.29, 1.82) is 0 Å². The van der Waals surface area contributed by atoms with Gasteiger partial charge in [0.1, 0.15) is 5.75 Å². The smallest absolute Gasteiger partial charge is 0.337 e. The number of ether oxygens (including phenoxy) is 3. The number of nitrogens with one attached hydrogen (secondary N) is 1. The molecule has 0 bridgehead atoms. The Labute approximate surface area is 255 Å². The Morgan fingerprint density at radius 2 is 1.31 bits per heavy atom. The highest BCUT2D eigenvalue weighted by Gasteiger charge is 2.40. The highest BCUT2D eigenvalue weighted by molar-refractivity contribution is 6.00. The van der Waals surface area contributed by atoms with Crippen LogP contribution >= 0.6 is 0 Å². The van der Waals surface area contributed by atoms with E-state index in [4.69, 9.17) is 14.2 Å². The molecule has 6 nitrogen and oxygen atoms in total. The van der Waals surface area contributed by atoms with Crippen molar-refractivity contribution in [2.75, 3.05) is 13.7 Å². The molecule has 1 N–H and O–H groups in total. The molecule has 0 saturated heterocycles. The second kappa shape index (κ2) is 19.4. The van der Waals surface area contributed by atoms with Crippen LogP contribution in [0.5, 0.6) is 5.75 Å². The average Bonchev–Trinajstić information content (AvgIpc) is 2.94. The van der Waals surface area contributed by atoms with Crippen LogP contribution in [-0.2, 0) is 25.5 Å².